The van der Waals surface area contributed by atoms with Gasteiger partial charge in [-0.3, -0.25) is 0 Å². The number of aryl methyl sites for hydroxylation is 1. The zero-order chi connectivity index (χ0) is 15.3. The third-order valence-electron chi connectivity index (χ3n) is 3.76. The summed E-state index contributed by atoms with van der Waals surface area (Å²) in [6.07, 6.45) is 6.82. The Bertz CT molecular complexity index is 618. The van der Waals surface area contributed by atoms with Gasteiger partial charge in [0.1, 0.15) is 0 Å². The number of hydrazone groups is 1. The van der Waals surface area contributed by atoms with Gasteiger partial charge in [0.15, 0.2) is 0 Å². The fourth-order valence-corrected chi connectivity index (χ4v) is 3.41. The molecule has 0 spiro atoms. The third-order valence-corrected chi connectivity index (χ3v) is 4.98. The zero-order valence-electron chi connectivity index (χ0n) is 12.4. The number of rotatable bonds is 5. The molecule has 21 heavy (non-hydrogen) atoms. The lowest BCUT2D eigenvalue weighted by molar-refractivity contribution is 0.463. The van der Waals surface area contributed by atoms with E-state index >= 15 is 0 Å². The van der Waals surface area contributed by atoms with E-state index in [1.165, 1.54) is 0 Å². The highest BCUT2D eigenvalue weighted by Gasteiger charge is 2.18. The fraction of sp³-hybridized carbons (Fsp3) is 0.438. The van der Waals surface area contributed by atoms with Gasteiger partial charge in [-0.25, -0.2) is 4.83 Å². The van der Waals surface area contributed by atoms with Crippen LogP contribution in [-0.4, -0.2) is 14.1 Å². The molecular weight excluding hydrogens is 284 g/mol. The van der Waals surface area contributed by atoms with Crippen molar-refractivity contribution >= 4 is 15.7 Å². The normalized spacial score (nSPS) is 21.2. The smallest absolute Gasteiger partial charge is 0.200 e. The maximum Gasteiger partial charge on any atom is 0.276 e. The van der Waals surface area contributed by atoms with Crippen LogP contribution < -0.4 is 4.83 Å². The summed E-state index contributed by atoms with van der Waals surface area (Å²) in [4.78, 5) is 2.61. The first-order valence-electron chi connectivity index (χ1n) is 7.26. The molecule has 2 rings (SSSR count). The van der Waals surface area contributed by atoms with Crippen LogP contribution in [0, 0.1) is 12.8 Å². The number of sulfonamides is 1. The molecule has 0 aliphatic heterocycles. The predicted octanol–water partition coefficient (Wildman–Crippen LogP) is 3.40. The summed E-state index contributed by atoms with van der Waals surface area (Å²) in [7, 11) is -3.56. The molecule has 0 bridgehead atoms. The first-order valence-corrected chi connectivity index (χ1v) is 8.74. The zero-order valence-corrected chi connectivity index (χ0v) is 13.2. The summed E-state index contributed by atoms with van der Waals surface area (Å²) in [5.41, 5.74) is 1.96. The SMILES string of the molecule is C=CC[C@H]1CCC/C(=N/NS(=O)(=O)c2ccc(C)cc2)C1. The topological polar surface area (TPSA) is 58.5 Å². The summed E-state index contributed by atoms with van der Waals surface area (Å²) in [6.45, 7) is 5.68. The van der Waals surface area contributed by atoms with Crippen LogP contribution >= 0.6 is 0 Å². The van der Waals surface area contributed by atoms with Crippen molar-refractivity contribution in [3.05, 3.63) is 42.5 Å². The minimum Gasteiger partial charge on any atom is -0.200 e. The van der Waals surface area contributed by atoms with E-state index < -0.39 is 10.0 Å². The van der Waals surface area contributed by atoms with Gasteiger partial charge in [0.25, 0.3) is 10.0 Å². The lowest BCUT2D eigenvalue weighted by atomic mass is 9.86. The molecule has 0 amide bonds. The molecule has 1 aromatic rings. The summed E-state index contributed by atoms with van der Waals surface area (Å²) in [5, 5.41) is 4.13. The number of nitrogens with zero attached hydrogens (tertiary/aromatic N) is 1. The van der Waals surface area contributed by atoms with Crippen molar-refractivity contribution in [3.8, 4) is 0 Å². The Kier molecular flexibility index (Phi) is 5.17. The van der Waals surface area contributed by atoms with Crippen LogP contribution in [0.15, 0.2) is 46.9 Å². The van der Waals surface area contributed by atoms with Crippen molar-refractivity contribution in [1.82, 2.24) is 4.83 Å². The van der Waals surface area contributed by atoms with E-state index in [4.69, 9.17) is 0 Å². The number of nitrogens with one attached hydrogen (secondary N) is 1. The van der Waals surface area contributed by atoms with Crippen LogP contribution in [0.2, 0.25) is 0 Å². The van der Waals surface area contributed by atoms with Gasteiger partial charge in [-0.05, 0) is 57.1 Å². The molecule has 1 aliphatic carbocycles. The lowest BCUT2D eigenvalue weighted by Gasteiger charge is -2.21. The van der Waals surface area contributed by atoms with Crippen LogP contribution in [-0.2, 0) is 10.0 Å². The predicted molar refractivity (Wildman–Crippen MR) is 85.7 cm³/mol. The average molecular weight is 306 g/mol. The molecule has 0 radical (unpaired) electrons. The summed E-state index contributed by atoms with van der Waals surface area (Å²) in [5.74, 6) is 0.541. The first-order chi connectivity index (χ1) is 10.0. The summed E-state index contributed by atoms with van der Waals surface area (Å²) >= 11 is 0. The van der Waals surface area contributed by atoms with E-state index in [9.17, 15) is 8.42 Å². The molecule has 1 aliphatic rings. The minimum atomic E-state index is -3.56. The Morgan fingerprint density at radius 1 is 1.38 bits per heavy atom. The number of hydrogen-bond donors (Lipinski definition) is 1. The standard InChI is InChI=1S/C16H22N2O2S/c1-3-5-14-6-4-7-15(12-14)17-18-21(19,20)16-10-8-13(2)9-11-16/h3,8-11,14,18H,1,4-7,12H2,2H3/b17-15-/t14-/m0/s1. The van der Waals surface area contributed by atoms with E-state index in [0.29, 0.717) is 5.92 Å². The van der Waals surface area contributed by atoms with Crippen molar-refractivity contribution in [1.29, 1.82) is 0 Å². The van der Waals surface area contributed by atoms with Crippen LogP contribution in [0.25, 0.3) is 0 Å². The maximum atomic E-state index is 12.2. The van der Waals surface area contributed by atoms with Crippen molar-refractivity contribution in [2.45, 2.75) is 43.9 Å². The molecule has 4 nitrogen and oxygen atoms in total. The highest BCUT2D eigenvalue weighted by atomic mass is 32.2. The second-order valence-corrected chi connectivity index (χ2v) is 7.23. The highest BCUT2D eigenvalue weighted by Crippen LogP contribution is 2.25. The van der Waals surface area contributed by atoms with Crippen LogP contribution in [0.5, 0.6) is 0 Å². The van der Waals surface area contributed by atoms with Crippen LogP contribution in [0.3, 0.4) is 0 Å². The minimum absolute atomic E-state index is 0.246. The summed E-state index contributed by atoms with van der Waals surface area (Å²) in [6, 6.07) is 6.75. The van der Waals surface area contributed by atoms with Gasteiger partial charge >= 0.3 is 0 Å². The van der Waals surface area contributed by atoms with Gasteiger partial charge in [-0.2, -0.15) is 13.5 Å². The highest BCUT2D eigenvalue weighted by molar-refractivity contribution is 7.89. The molecule has 114 valence electrons. The van der Waals surface area contributed by atoms with Crippen LogP contribution in [0.1, 0.15) is 37.7 Å². The molecule has 0 aromatic heterocycles. The van der Waals surface area contributed by atoms with E-state index in [2.05, 4.69) is 16.5 Å². The van der Waals surface area contributed by atoms with E-state index in [1.807, 2.05) is 13.0 Å². The third kappa shape index (κ3) is 4.43. The van der Waals surface area contributed by atoms with E-state index in [0.717, 1.165) is 43.4 Å². The Morgan fingerprint density at radius 3 is 2.76 bits per heavy atom. The Labute approximate surface area is 127 Å². The number of allylic oxidation sites excluding steroid dienone is 1. The van der Waals surface area contributed by atoms with Gasteiger partial charge in [0, 0.05) is 5.71 Å². The molecule has 0 heterocycles. The molecular formula is C16H22N2O2S. The van der Waals surface area contributed by atoms with Crippen molar-refractivity contribution in [2.75, 3.05) is 0 Å². The molecule has 0 saturated heterocycles. The quantitative estimate of drug-likeness (QED) is 0.669. The number of hydrogen-bond acceptors (Lipinski definition) is 3. The monoisotopic (exact) mass is 306 g/mol. The summed E-state index contributed by atoms with van der Waals surface area (Å²) < 4.78 is 24.3. The average Bonchev–Trinajstić information content (AvgIpc) is 2.47. The second kappa shape index (κ2) is 6.89. The van der Waals surface area contributed by atoms with Crippen molar-refractivity contribution < 1.29 is 8.42 Å². The Balaban J connectivity index is 2.05. The van der Waals surface area contributed by atoms with Crippen molar-refractivity contribution in [2.24, 2.45) is 11.0 Å². The van der Waals surface area contributed by atoms with Crippen molar-refractivity contribution in [3.63, 3.8) is 0 Å². The van der Waals surface area contributed by atoms with Gasteiger partial charge < -0.3 is 0 Å². The second-order valence-electron chi connectivity index (χ2n) is 5.57. The molecule has 1 atom stereocenters. The molecule has 5 heteroatoms. The van der Waals surface area contributed by atoms with Gasteiger partial charge in [0.2, 0.25) is 0 Å². The molecule has 1 fully saturated rings. The van der Waals surface area contributed by atoms with E-state index in [1.54, 1.807) is 24.3 Å². The fourth-order valence-electron chi connectivity index (χ4n) is 2.57. The maximum absolute atomic E-state index is 12.2. The Morgan fingerprint density at radius 2 is 2.10 bits per heavy atom. The largest absolute Gasteiger partial charge is 0.276 e. The lowest BCUT2D eigenvalue weighted by Crippen LogP contribution is -2.23. The number of benzene rings is 1. The molecule has 1 saturated carbocycles. The molecule has 1 aromatic carbocycles. The van der Waals surface area contributed by atoms with E-state index in [-0.39, 0.29) is 4.90 Å². The molecule has 1 N–H and O–H groups in total. The molecule has 0 unspecified atom stereocenters. The Hall–Kier alpha value is -1.62. The van der Waals surface area contributed by atoms with Crippen LogP contribution in [0.4, 0.5) is 0 Å². The first kappa shape index (κ1) is 15.8. The van der Waals surface area contributed by atoms with Gasteiger partial charge in [-0.1, -0.05) is 23.8 Å². The van der Waals surface area contributed by atoms with Gasteiger partial charge in [0.05, 0.1) is 4.90 Å². The van der Waals surface area contributed by atoms with Gasteiger partial charge in [-0.15, -0.1) is 6.58 Å².